The zero-order valence-electron chi connectivity index (χ0n) is 21.5. The van der Waals surface area contributed by atoms with Gasteiger partial charge in [0, 0.05) is 28.1 Å². The summed E-state index contributed by atoms with van der Waals surface area (Å²) in [4.78, 5) is 28.7. The molecule has 35 heavy (non-hydrogen) atoms. The van der Waals surface area contributed by atoms with Gasteiger partial charge in [-0.3, -0.25) is 4.79 Å². The summed E-state index contributed by atoms with van der Waals surface area (Å²) >= 11 is 1.64. The van der Waals surface area contributed by atoms with E-state index < -0.39 is 0 Å². The Hall–Kier alpha value is -3.26. The maximum Gasteiger partial charge on any atom is 0.322 e. The van der Waals surface area contributed by atoms with Crippen molar-refractivity contribution in [3.05, 3.63) is 65.9 Å². The lowest BCUT2D eigenvalue weighted by atomic mass is 9.92. The molecule has 3 amide bonds. The number of aryl methyl sites for hydroxylation is 1. The lowest BCUT2D eigenvalue weighted by molar-refractivity contribution is -0.117. The zero-order valence-corrected chi connectivity index (χ0v) is 22.4. The smallest absolute Gasteiger partial charge is 0.313 e. The van der Waals surface area contributed by atoms with Crippen LogP contribution in [0.25, 0.3) is 5.69 Å². The molecule has 1 heterocycles. The van der Waals surface area contributed by atoms with Gasteiger partial charge in [-0.1, -0.05) is 38.5 Å². The van der Waals surface area contributed by atoms with Crippen molar-refractivity contribution in [2.45, 2.75) is 57.9 Å². The van der Waals surface area contributed by atoms with Gasteiger partial charge in [0.05, 0.1) is 11.4 Å². The lowest BCUT2D eigenvalue weighted by Gasteiger charge is -2.26. The number of rotatable bonds is 7. The number of anilines is 2. The number of urea groups is 1. The largest absolute Gasteiger partial charge is 0.322 e. The summed E-state index contributed by atoms with van der Waals surface area (Å²) in [6, 6.07) is 17.0. The lowest BCUT2D eigenvalue weighted by Crippen LogP contribution is -2.44. The predicted octanol–water partition coefficient (Wildman–Crippen LogP) is 6.08. The molecule has 0 saturated heterocycles. The summed E-state index contributed by atoms with van der Waals surface area (Å²) in [5.74, 6) is 0.279. The molecular formula is C27H35N5O2S. The average Bonchev–Trinajstić information content (AvgIpc) is 3.22. The van der Waals surface area contributed by atoms with Gasteiger partial charge < -0.3 is 15.5 Å². The van der Waals surface area contributed by atoms with Crippen molar-refractivity contribution in [1.29, 1.82) is 0 Å². The number of benzene rings is 2. The van der Waals surface area contributed by atoms with Crippen LogP contribution in [-0.4, -0.2) is 45.5 Å². The van der Waals surface area contributed by atoms with Crippen molar-refractivity contribution in [1.82, 2.24) is 14.7 Å². The number of aromatic nitrogens is 2. The van der Waals surface area contributed by atoms with Crippen LogP contribution < -0.4 is 10.6 Å². The molecule has 2 aromatic carbocycles. The van der Waals surface area contributed by atoms with E-state index in [-0.39, 0.29) is 29.9 Å². The summed E-state index contributed by atoms with van der Waals surface area (Å²) in [6.45, 7) is 12.0. The number of nitrogens with one attached hydrogen (secondary N) is 2. The van der Waals surface area contributed by atoms with Gasteiger partial charge in [0.15, 0.2) is 0 Å². The topological polar surface area (TPSA) is 79.3 Å². The van der Waals surface area contributed by atoms with E-state index >= 15 is 0 Å². The second-order valence-electron chi connectivity index (χ2n) is 9.84. The summed E-state index contributed by atoms with van der Waals surface area (Å²) in [5.41, 5.74) is 3.36. The third-order valence-electron chi connectivity index (χ3n) is 5.56. The molecular weight excluding hydrogens is 458 g/mol. The molecule has 1 aromatic heterocycles. The molecule has 0 spiro atoms. The van der Waals surface area contributed by atoms with Crippen molar-refractivity contribution in [3.8, 4) is 5.69 Å². The molecule has 8 heteroatoms. The van der Waals surface area contributed by atoms with Crippen LogP contribution in [0.15, 0.2) is 59.5 Å². The Bertz CT molecular complexity index is 1160. The molecule has 0 atom stereocenters. The monoisotopic (exact) mass is 493 g/mol. The van der Waals surface area contributed by atoms with E-state index in [1.807, 2.05) is 81.6 Å². The van der Waals surface area contributed by atoms with Crippen LogP contribution in [0.3, 0.4) is 0 Å². The van der Waals surface area contributed by atoms with E-state index in [0.717, 1.165) is 21.8 Å². The first-order chi connectivity index (χ1) is 16.5. The number of thioether (sulfide) groups is 1. The molecule has 2 N–H and O–H groups in total. The standard InChI is InChI=1S/C27H35N5O2S/c1-18(2)31(26(34)28-20-10-14-22(35-7)15-11-20)17-25(33)29-24-16-23(27(4,5)6)30-32(24)21-12-8-19(3)9-13-21/h8-16,18H,17H2,1-7H3,(H,28,34)(H,29,33). The van der Waals surface area contributed by atoms with Crippen LogP contribution >= 0.6 is 11.8 Å². The Morgan fingerprint density at radius 2 is 1.66 bits per heavy atom. The normalized spacial score (nSPS) is 11.4. The fourth-order valence-corrected chi connectivity index (χ4v) is 3.82. The van der Waals surface area contributed by atoms with Gasteiger partial charge in [0.1, 0.15) is 12.4 Å². The van der Waals surface area contributed by atoms with E-state index in [9.17, 15) is 9.59 Å². The molecule has 186 valence electrons. The van der Waals surface area contributed by atoms with E-state index in [1.54, 1.807) is 16.4 Å². The first-order valence-corrected chi connectivity index (χ1v) is 12.9. The molecule has 0 aliphatic rings. The molecule has 0 fully saturated rings. The first kappa shape index (κ1) is 26.3. The molecule has 3 aromatic rings. The number of carbonyl (C=O) groups excluding carboxylic acids is 2. The molecule has 0 saturated carbocycles. The number of carbonyl (C=O) groups is 2. The minimum atomic E-state index is -0.325. The van der Waals surface area contributed by atoms with Gasteiger partial charge in [-0.25, -0.2) is 9.48 Å². The predicted molar refractivity (Wildman–Crippen MR) is 145 cm³/mol. The highest BCUT2D eigenvalue weighted by Crippen LogP contribution is 2.26. The highest BCUT2D eigenvalue weighted by Gasteiger charge is 2.24. The molecule has 0 radical (unpaired) electrons. The number of hydrogen-bond acceptors (Lipinski definition) is 4. The van der Waals surface area contributed by atoms with Crippen LogP contribution in [0.1, 0.15) is 45.9 Å². The van der Waals surface area contributed by atoms with E-state index in [4.69, 9.17) is 5.10 Å². The Balaban J connectivity index is 1.78. The second kappa shape index (κ2) is 11.0. The minimum absolute atomic E-state index is 0.0870. The summed E-state index contributed by atoms with van der Waals surface area (Å²) in [5, 5.41) is 10.6. The summed E-state index contributed by atoms with van der Waals surface area (Å²) in [7, 11) is 0. The van der Waals surface area contributed by atoms with E-state index in [0.29, 0.717) is 11.5 Å². The van der Waals surface area contributed by atoms with Crippen LogP contribution in [0.4, 0.5) is 16.3 Å². The van der Waals surface area contributed by atoms with Crippen LogP contribution in [0.5, 0.6) is 0 Å². The van der Waals surface area contributed by atoms with Gasteiger partial charge in [0.25, 0.3) is 0 Å². The highest BCUT2D eigenvalue weighted by molar-refractivity contribution is 7.98. The number of nitrogens with zero attached hydrogens (tertiary/aromatic N) is 3. The minimum Gasteiger partial charge on any atom is -0.313 e. The van der Waals surface area contributed by atoms with E-state index in [2.05, 4.69) is 31.4 Å². The Labute approximate surface area is 212 Å². The van der Waals surface area contributed by atoms with Gasteiger partial charge in [-0.2, -0.15) is 5.10 Å². The van der Waals surface area contributed by atoms with Crippen molar-refractivity contribution >= 4 is 35.2 Å². The SMILES string of the molecule is CSc1ccc(NC(=O)N(CC(=O)Nc2cc(C(C)(C)C)nn2-c2ccc(C)cc2)C(C)C)cc1. The Morgan fingerprint density at radius 3 is 2.20 bits per heavy atom. The third-order valence-corrected chi connectivity index (χ3v) is 6.31. The van der Waals surface area contributed by atoms with Crippen LogP contribution in [0, 0.1) is 6.92 Å². The van der Waals surface area contributed by atoms with Crippen molar-refractivity contribution in [2.75, 3.05) is 23.4 Å². The molecule has 0 aliphatic heterocycles. The molecule has 7 nitrogen and oxygen atoms in total. The maximum atomic E-state index is 13.1. The molecule has 0 unspecified atom stereocenters. The van der Waals surface area contributed by atoms with E-state index in [1.165, 1.54) is 4.90 Å². The van der Waals surface area contributed by atoms with Crippen molar-refractivity contribution in [2.24, 2.45) is 0 Å². The van der Waals surface area contributed by atoms with Gasteiger partial charge >= 0.3 is 6.03 Å². The van der Waals surface area contributed by atoms with Crippen LogP contribution in [0.2, 0.25) is 0 Å². The van der Waals surface area contributed by atoms with Gasteiger partial charge in [-0.15, -0.1) is 11.8 Å². The first-order valence-electron chi connectivity index (χ1n) is 11.7. The van der Waals surface area contributed by atoms with Gasteiger partial charge in [-0.05, 0) is 63.4 Å². The number of hydrogen-bond donors (Lipinski definition) is 2. The van der Waals surface area contributed by atoms with Crippen LogP contribution in [-0.2, 0) is 10.2 Å². The molecule has 3 rings (SSSR count). The fraction of sp³-hybridized carbons (Fsp3) is 0.370. The second-order valence-corrected chi connectivity index (χ2v) is 10.7. The summed E-state index contributed by atoms with van der Waals surface area (Å²) < 4.78 is 1.74. The van der Waals surface area contributed by atoms with Crippen molar-refractivity contribution in [3.63, 3.8) is 0 Å². The Kier molecular flexibility index (Phi) is 8.27. The van der Waals surface area contributed by atoms with Crippen molar-refractivity contribution < 1.29 is 9.59 Å². The summed E-state index contributed by atoms with van der Waals surface area (Å²) in [6.07, 6.45) is 2.00. The molecule has 0 aliphatic carbocycles. The zero-order chi connectivity index (χ0) is 25.8. The number of amides is 3. The average molecular weight is 494 g/mol. The quantitative estimate of drug-likeness (QED) is 0.391. The Morgan fingerprint density at radius 1 is 1.03 bits per heavy atom. The van der Waals surface area contributed by atoms with Gasteiger partial charge in [0.2, 0.25) is 5.91 Å². The maximum absolute atomic E-state index is 13.1. The third kappa shape index (κ3) is 6.88. The molecule has 0 bridgehead atoms. The fourth-order valence-electron chi connectivity index (χ4n) is 3.42. The highest BCUT2D eigenvalue weighted by atomic mass is 32.2.